The monoisotopic (exact) mass is 295 g/mol. The van der Waals surface area contributed by atoms with Gasteiger partial charge in [-0.3, -0.25) is 9.20 Å². The molecule has 1 aromatic carbocycles. The van der Waals surface area contributed by atoms with E-state index in [4.69, 9.17) is 4.74 Å². The van der Waals surface area contributed by atoms with Gasteiger partial charge in [-0.2, -0.15) is 0 Å². The molecule has 112 valence electrons. The third-order valence-corrected chi connectivity index (χ3v) is 3.49. The Bertz CT molecular complexity index is 824. The van der Waals surface area contributed by atoms with Crippen LogP contribution in [0.2, 0.25) is 0 Å². The second-order valence-corrected chi connectivity index (χ2v) is 5.11. The molecule has 0 saturated heterocycles. The summed E-state index contributed by atoms with van der Waals surface area (Å²) in [5, 5.41) is 2.90. The normalized spacial score (nSPS) is 10.6. The third-order valence-electron chi connectivity index (χ3n) is 3.49. The summed E-state index contributed by atoms with van der Waals surface area (Å²) in [5.74, 6) is 0.621. The van der Waals surface area contributed by atoms with Crippen molar-refractivity contribution in [3.63, 3.8) is 0 Å². The van der Waals surface area contributed by atoms with Gasteiger partial charge in [0.05, 0.1) is 13.3 Å². The molecular weight excluding hydrogens is 278 g/mol. The molecule has 0 unspecified atom stereocenters. The van der Waals surface area contributed by atoms with Crippen LogP contribution < -0.4 is 10.1 Å². The van der Waals surface area contributed by atoms with E-state index in [1.165, 1.54) is 0 Å². The van der Waals surface area contributed by atoms with E-state index in [-0.39, 0.29) is 5.91 Å². The van der Waals surface area contributed by atoms with E-state index >= 15 is 0 Å². The Balaban J connectivity index is 1.76. The van der Waals surface area contributed by atoms with Crippen molar-refractivity contribution in [3.05, 3.63) is 65.6 Å². The topological polar surface area (TPSA) is 55.6 Å². The van der Waals surface area contributed by atoms with Gasteiger partial charge >= 0.3 is 0 Å². The van der Waals surface area contributed by atoms with Crippen molar-refractivity contribution in [3.8, 4) is 5.75 Å². The van der Waals surface area contributed by atoms with Crippen molar-refractivity contribution in [2.24, 2.45) is 0 Å². The van der Waals surface area contributed by atoms with Gasteiger partial charge in [-0.25, -0.2) is 4.98 Å². The number of pyridine rings is 1. The zero-order valence-electron chi connectivity index (χ0n) is 12.5. The van der Waals surface area contributed by atoms with Crippen LogP contribution in [0.4, 0.5) is 0 Å². The number of carbonyl (C=O) groups is 1. The predicted molar refractivity (Wildman–Crippen MR) is 84.1 cm³/mol. The maximum atomic E-state index is 12.3. The fraction of sp³-hybridized carbons (Fsp3) is 0.176. The lowest BCUT2D eigenvalue weighted by Crippen LogP contribution is -2.24. The maximum Gasteiger partial charge on any atom is 0.270 e. The summed E-state index contributed by atoms with van der Waals surface area (Å²) < 4.78 is 6.96. The van der Waals surface area contributed by atoms with Crippen molar-refractivity contribution in [2.75, 3.05) is 7.11 Å². The Morgan fingerprint density at radius 2 is 2.18 bits per heavy atom. The van der Waals surface area contributed by atoms with E-state index < -0.39 is 0 Å². The molecule has 0 saturated carbocycles. The van der Waals surface area contributed by atoms with Crippen molar-refractivity contribution in [1.82, 2.24) is 14.7 Å². The first-order chi connectivity index (χ1) is 10.7. The number of imidazole rings is 1. The highest BCUT2D eigenvalue weighted by Gasteiger charge is 2.11. The smallest absolute Gasteiger partial charge is 0.270 e. The molecule has 3 rings (SSSR count). The average Bonchev–Trinajstić information content (AvgIpc) is 2.95. The number of benzene rings is 1. The maximum absolute atomic E-state index is 12.3. The Hall–Kier alpha value is -2.82. The fourth-order valence-electron chi connectivity index (χ4n) is 2.31. The zero-order chi connectivity index (χ0) is 15.5. The minimum Gasteiger partial charge on any atom is -0.497 e. The molecule has 2 aromatic heterocycles. The second-order valence-electron chi connectivity index (χ2n) is 5.11. The van der Waals surface area contributed by atoms with Crippen LogP contribution in [0, 0.1) is 6.92 Å². The number of aryl methyl sites for hydroxylation is 1. The van der Waals surface area contributed by atoms with E-state index in [1.54, 1.807) is 17.7 Å². The number of hydrogen-bond acceptors (Lipinski definition) is 3. The molecule has 0 aliphatic rings. The fourth-order valence-corrected chi connectivity index (χ4v) is 2.31. The van der Waals surface area contributed by atoms with Crippen LogP contribution in [0.15, 0.2) is 48.8 Å². The molecule has 0 spiro atoms. The molecule has 5 nitrogen and oxygen atoms in total. The number of nitrogens with one attached hydrogen (secondary N) is 1. The van der Waals surface area contributed by atoms with Gasteiger partial charge in [0.25, 0.3) is 5.91 Å². The van der Waals surface area contributed by atoms with Crippen LogP contribution in [-0.4, -0.2) is 22.4 Å². The van der Waals surface area contributed by atoms with Crippen molar-refractivity contribution < 1.29 is 9.53 Å². The first-order valence-corrected chi connectivity index (χ1v) is 7.02. The molecule has 2 heterocycles. The SMILES string of the molecule is COc1cccc(CNC(=O)c2cnc3cc(C)ccn23)c1. The standard InChI is InChI=1S/C17H17N3O2/c1-12-6-7-20-15(11-18-16(20)8-12)17(21)19-10-13-4-3-5-14(9-13)22-2/h3-9,11H,10H2,1-2H3,(H,19,21). The van der Waals surface area contributed by atoms with Crippen molar-refractivity contribution in [2.45, 2.75) is 13.5 Å². The quantitative estimate of drug-likeness (QED) is 0.805. The lowest BCUT2D eigenvalue weighted by atomic mass is 10.2. The van der Waals surface area contributed by atoms with E-state index in [1.807, 2.05) is 49.5 Å². The first kappa shape index (κ1) is 14.1. The van der Waals surface area contributed by atoms with Crippen LogP contribution >= 0.6 is 0 Å². The first-order valence-electron chi connectivity index (χ1n) is 7.02. The molecule has 5 heteroatoms. The number of nitrogens with zero attached hydrogens (tertiary/aromatic N) is 2. The molecule has 0 radical (unpaired) electrons. The van der Waals surface area contributed by atoms with E-state index in [2.05, 4.69) is 10.3 Å². The third kappa shape index (κ3) is 2.79. The van der Waals surface area contributed by atoms with E-state index in [9.17, 15) is 4.79 Å². The van der Waals surface area contributed by atoms with Crippen LogP contribution in [0.5, 0.6) is 5.75 Å². The lowest BCUT2D eigenvalue weighted by Gasteiger charge is -2.07. The summed E-state index contributed by atoms with van der Waals surface area (Å²) in [5.41, 5.74) is 3.39. The van der Waals surface area contributed by atoms with Gasteiger partial charge in [-0.15, -0.1) is 0 Å². The molecule has 0 atom stereocenters. The van der Waals surface area contributed by atoms with Crippen LogP contribution in [0.25, 0.3) is 5.65 Å². The molecule has 1 N–H and O–H groups in total. The molecule has 22 heavy (non-hydrogen) atoms. The molecule has 1 amide bonds. The minimum absolute atomic E-state index is 0.154. The summed E-state index contributed by atoms with van der Waals surface area (Å²) >= 11 is 0. The van der Waals surface area contributed by atoms with E-state index in [0.29, 0.717) is 12.2 Å². The Kier molecular flexibility index (Phi) is 3.78. The number of fused-ring (bicyclic) bond motifs is 1. The second kappa shape index (κ2) is 5.89. The molecule has 0 bridgehead atoms. The largest absolute Gasteiger partial charge is 0.497 e. The number of ether oxygens (including phenoxy) is 1. The summed E-state index contributed by atoms with van der Waals surface area (Å²) in [4.78, 5) is 16.6. The number of hydrogen-bond donors (Lipinski definition) is 1. The Morgan fingerprint density at radius 3 is 3.00 bits per heavy atom. The zero-order valence-corrected chi connectivity index (χ0v) is 12.5. The Morgan fingerprint density at radius 1 is 1.32 bits per heavy atom. The summed E-state index contributed by atoms with van der Waals surface area (Å²) in [7, 11) is 1.62. The number of amides is 1. The average molecular weight is 295 g/mol. The molecule has 3 aromatic rings. The van der Waals surface area contributed by atoms with Gasteiger partial charge in [-0.1, -0.05) is 12.1 Å². The van der Waals surface area contributed by atoms with Crippen molar-refractivity contribution >= 4 is 11.6 Å². The number of rotatable bonds is 4. The number of carbonyl (C=O) groups excluding carboxylic acids is 1. The highest BCUT2D eigenvalue weighted by molar-refractivity contribution is 5.93. The van der Waals surface area contributed by atoms with Gasteiger partial charge < -0.3 is 10.1 Å². The molecule has 0 fully saturated rings. The minimum atomic E-state index is -0.154. The van der Waals surface area contributed by atoms with Gasteiger partial charge in [-0.05, 0) is 42.3 Å². The lowest BCUT2D eigenvalue weighted by molar-refractivity contribution is 0.0945. The summed E-state index contributed by atoms with van der Waals surface area (Å²) in [6, 6.07) is 11.5. The van der Waals surface area contributed by atoms with Gasteiger partial charge in [0.15, 0.2) is 0 Å². The molecule has 0 aliphatic heterocycles. The predicted octanol–water partition coefficient (Wildman–Crippen LogP) is 2.58. The van der Waals surface area contributed by atoms with Gasteiger partial charge in [0.2, 0.25) is 0 Å². The van der Waals surface area contributed by atoms with Crippen molar-refractivity contribution in [1.29, 1.82) is 0 Å². The summed E-state index contributed by atoms with van der Waals surface area (Å²) in [6.45, 7) is 2.44. The van der Waals surface area contributed by atoms with Gasteiger partial charge in [0, 0.05) is 12.7 Å². The molecular formula is C17H17N3O2. The van der Waals surface area contributed by atoms with Crippen LogP contribution in [-0.2, 0) is 6.54 Å². The number of aromatic nitrogens is 2. The van der Waals surface area contributed by atoms with Crippen LogP contribution in [0.3, 0.4) is 0 Å². The Labute approximate surface area is 128 Å². The summed E-state index contributed by atoms with van der Waals surface area (Å²) in [6.07, 6.45) is 3.45. The van der Waals surface area contributed by atoms with Gasteiger partial charge in [0.1, 0.15) is 17.1 Å². The van der Waals surface area contributed by atoms with Crippen LogP contribution in [0.1, 0.15) is 21.6 Å². The highest BCUT2D eigenvalue weighted by Crippen LogP contribution is 2.13. The molecule has 0 aliphatic carbocycles. The number of methoxy groups -OCH3 is 1. The van der Waals surface area contributed by atoms with E-state index in [0.717, 1.165) is 22.5 Å². The highest BCUT2D eigenvalue weighted by atomic mass is 16.5.